The number of hydrogen-bond donors (Lipinski definition) is 2. The van der Waals surface area contributed by atoms with Crippen LogP contribution in [-0.2, 0) is 4.74 Å². The van der Waals surface area contributed by atoms with Crippen LogP contribution >= 0.6 is 0 Å². The van der Waals surface area contributed by atoms with Gasteiger partial charge in [-0.25, -0.2) is 0 Å². The molecule has 0 spiro atoms. The smallest absolute Gasteiger partial charge is 0.0897 e. The molecule has 0 aliphatic heterocycles. The zero-order valence-electron chi connectivity index (χ0n) is 10.3. The van der Waals surface area contributed by atoms with Gasteiger partial charge in [-0.2, -0.15) is 0 Å². The SMILES string of the molecule is CCC1(CNCC(O)COC(C)C)CC1. The minimum Gasteiger partial charge on any atom is -0.389 e. The van der Waals surface area contributed by atoms with E-state index in [1.54, 1.807) is 0 Å². The van der Waals surface area contributed by atoms with E-state index in [4.69, 9.17) is 4.74 Å². The van der Waals surface area contributed by atoms with Crippen LogP contribution in [0.1, 0.15) is 40.0 Å². The first kappa shape index (κ1) is 12.9. The lowest BCUT2D eigenvalue weighted by Gasteiger charge is -2.17. The third-order valence-electron chi connectivity index (χ3n) is 3.21. The van der Waals surface area contributed by atoms with E-state index in [0.717, 1.165) is 6.54 Å². The Balaban J connectivity index is 1.99. The number of ether oxygens (including phenoxy) is 1. The first-order valence-corrected chi connectivity index (χ1v) is 6.08. The Morgan fingerprint density at radius 3 is 2.53 bits per heavy atom. The molecule has 1 rings (SSSR count). The molecule has 1 unspecified atom stereocenters. The van der Waals surface area contributed by atoms with Crippen molar-refractivity contribution in [3.63, 3.8) is 0 Å². The van der Waals surface area contributed by atoms with Crippen molar-refractivity contribution in [3.8, 4) is 0 Å². The Kier molecular flexibility index (Phi) is 5.03. The van der Waals surface area contributed by atoms with Gasteiger partial charge in [-0.15, -0.1) is 0 Å². The second-order valence-electron chi connectivity index (χ2n) is 5.02. The lowest BCUT2D eigenvalue weighted by Crippen LogP contribution is -2.34. The zero-order chi connectivity index (χ0) is 11.3. The summed E-state index contributed by atoms with van der Waals surface area (Å²) in [5.41, 5.74) is 0.554. The summed E-state index contributed by atoms with van der Waals surface area (Å²) in [6.45, 7) is 8.33. The topological polar surface area (TPSA) is 41.5 Å². The van der Waals surface area contributed by atoms with Gasteiger partial charge in [0.1, 0.15) is 0 Å². The molecule has 1 aliphatic carbocycles. The van der Waals surface area contributed by atoms with E-state index in [0.29, 0.717) is 18.6 Å². The highest BCUT2D eigenvalue weighted by Crippen LogP contribution is 2.47. The first-order chi connectivity index (χ1) is 7.08. The van der Waals surface area contributed by atoms with Gasteiger partial charge in [0.25, 0.3) is 0 Å². The van der Waals surface area contributed by atoms with Gasteiger partial charge in [0, 0.05) is 13.1 Å². The highest BCUT2D eigenvalue weighted by Gasteiger charge is 2.39. The van der Waals surface area contributed by atoms with Gasteiger partial charge in [0.15, 0.2) is 0 Å². The third-order valence-corrected chi connectivity index (χ3v) is 3.21. The maximum atomic E-state index is 9.60. The van der Waals surface area contributed by atoms with Gasteiger partial charge in [-0.1, -0.05) is 6.92 Å². The molecule has 0 aromatic rings. The standard InChI is InChI=1S/C12H25NO2/c1-4-12(5-6-12)9-13-7-11(14)8-15-10(2)3/h10-11,13-14H,4-9H2,1-3H3. The van der Waals surface area contributed by atoms with E-state index in [1.165, 1.54) is 19.3 Å². The van der Waals surface area contributed by atoms with Gasteiger partial charge in [-0.3, -0.25) is 0 Å². The van der Waals surface area contributed by atoms with Crippen LogP contribution in [0.25, 0.3) is 0 Å². The van der Waals surface area contributed by atoms with Crippen molar-refractivity contribution in [1.82, 2.24) is 5.32 Å². The van der Waals surface area contributed by atoms with Crippen LogP contribution in [0.2, 0.25) is 0 Å². The maximum Gasteiger partial charge on any atom is 0.0897 e. The van der Waals surface area contributed by atoms with E-state index in [-0.39, 0.29) is 12.2 Å². The molecular formula is C12H25NO2. The van der Waals surface area contributed by atoms with Gasteiger partial charge < -0.3 is 15.2 Å². The molecular weight excluding hydrogens is 190 g/mol. The number of hydrogen-bond acceptors (Lipinski definition) is 3. The minimum atomic E-state index is -0.375. The molecule has 3 nitrogen and oxygen atoms in total. The lowest BCUT2D eigenvalue weighted by atomic mass is 10.0. The van der Waals surface area contributed by atoms with Crippen LogP contribution in [0.5, 0.6) is 0 Å². The van der Waals surface area contributed by atoms with E-state index >= 15 is 0 Å². The quantitative estimate of drug-likeness (QED) is 0.645. The fourth-order valence-electron chi connectivity index (χ4n) is 1.70. The van der Waals surface area contributed by atoms with Crippen LogP contribution < -0.4 is 5.32 Å². The molecule has 3 heteroatoms. The molecule has 0 radical (unpaired) electrons. The molecule has 0 aromatic heterocycles. The fourth-order valence-corrected chi connectivity index (χ4v) is 1.70. The summed E-state index contributed by atoms with van der Waals surface area (Å²) in [7, 11) is 0. The van der Waals surface area contributed by atoms with Gasteiger partial charge in [-0.05, 0) is 38.5 Å². The van der Waals surface area contributed by atoms with Crippen LogP contribution in [0.15, 0.2) is 0 Å². The fraction of sp³-hybridized carbons (Fsp3) is 1.00. The number of aliphatic hydroxyl groups is 1. The molecule has 1 aliphatic rings. The van der Waals surface area contributed by atoms with Crippen molar-refractivity contribution in [3.05, 3.63) is 0 Å². The molecule has 1 fully saturated rings. The lowest BCUT2D eigenvalue weighted by molar-refractivity contribution is 0.00603. The summed E-state index contributed by atoms with van der Waals surface area (Å²) in [4.78, 5) is 0. The number of aliphatic hydroxyl groups excluding tert-OH is 1. The number of nitrogens with one attached hydrogen (secondary N) is 1. The van der Waals surface area contributed by atoms with Gasteiger partial charge in [0.05, 0.1) is 18.8 Å². The van der Waals surface area contributed by atoms with Crippen LogP contribution in [0.3, 0.4) is 0 Å². The normalized spacial score (nSPS) is 20.6. The summed E-state index contributed by atoms with van der Waals surface area (Å²) in [5, 5.41) is 12.9. The van der Waals surface area contributed by atoms with E-state index < -0.39 is 0 Å². The van der Waals surface area contributed by atoms with Crippen molar-refractivity contribution in [2.75, 3.05) is 19.7 Å². The van der Waals surface area contributed by atoms with Crippen molar-refractivity contribution in [2.24, 2.45) is 5.41 Å². The monoisotopic (exact) mass is 215 g/mol. The average Bonchev–Trinajstić information content (AvgIpc) is 2.96. The van der Waals surface area contributed by atoms with Gasteiger partial charge >= 0.3 is 0 Å². The molecule has 0 heterocycles. The minimum absolute atomic E-state index is 0.199. The highest BCUT2D eigenvalue weighted by molar-refractivity contribution is 4.93. The Labute approximate surface area is 93.2 Å². The van der Waals surface area contributed by atoms with Crippen molar-refractivity contribution in [2.45, 2.75) is 52.2 Å². The summed E-state index contributed by atoms with van der Waals surface area (Å²) in [6, 6.07) is 0. The molecule has 0 aromatic carbocycles. The average molecular weight is 215 g/mol. The van der Waals surface area contributed by atoms with Crippen molar-refractivity contribution < 1.29 is 9.84 Å². The van der Waals surface area contributed by atoms with E-state index in [2.05, 4.69) is 12.2 Å². The Bertz CT molecular complexity index is 178. The molecule has 1 atom stereocenters. The molecule has 15 heavy (non-hydrogen) atoms. The van der Waals surface area contributed by atoms with Crippen LogP contribution in [0.4, 0.5) is 0 Å². The van der Waals surface area contributed by atoms with Crippen LogP contribution in [0, 0.1) is 5.41 Å². The Morgan fingerprint density at radius 2 is 2.07 bits per heavy atom. The first-order valence-electron chi connectivity index (χ1n) is 6.08. The van der Waals surface area contributed by atoms with E-state index in [1.807, 2.05) is 13.8 Å². The zero-order valence-corrected chi connectivity index (χ0v) is 10.3. The van der Waals surface area contributed by atoms with E-state index in [9.17, 15) is 5.11 Å². The van der Waals surface area contributed by atoms with Crippen molar-refractivity contribution >= 4 is 0 Å². The predicted octanol–water partition coefficient (Wildman–Crippen LogP) is 1.55. The Hall–Kier alpha value is -0.120. The second-order valence-corrected chi connectivity index (χ2v) is 5.02. The molecule has 90 valence electrons. The largest absolute Gasteiger partial charge is 0.389 e. The molecule has 1 saturated carbocycles. The predicted molar refractivity (Wildman–Crippen MR) is 61.9 cm³/mol. The summed E-state index contributed by atoms with van der Waals surface area (Å²) in [5.74, 6) is 0. The molecule has 2 N–H and O–H groups in total. The van der Waals surface area contributed by atoms with Crippen molar-refractivity contribution in [1.29, 1.82) is 0 Å². The molecule has 0 amide bonds. The number of rotatable bonds is 8. The third kappa shape index (κ3) is 4.96. The Morgan fingerprint density at radius 1 is 1.40 bits per heavy atom. The summed E-state index contributed by atoms with van der Waals surface area (Å²) < 4.78 is 5.34. The van der Waals surface area contributed by atoms with Crippen LogP contribution in [-0.4, -0.2) is 37.0 Å². The second kappa shape index (κ2) is 5.83. The summed E-state index contributed by atoms with van der Waals surface area (Å²) >= 11 is 0. The summed E-state index contributed by atoms with van der Waals surface area (Å²) in [6.07, 6.45) is 3.76. The van der Waals surface area contributed by atoms with Gasteiger partial charge in [0.2, 0.25) is 0 Å². The highest BCUT2D eigenvalue weighted by atomic mass is 16.5. The maximum absolute atomic E-state index is 9.60. The molecule has 0 bridgehead atoms. The molecule has 0 saturated heterocycles.